The van der Waals surface area contributed by atoms with Gasteiger partial charge in [0.2, 0.25) is 0 Å². The molecule has 3 rings (SSSR count). The normalized spacial score (nSPS) is 34.3. The monoisotopic (exact) mass is 302 g/mol. The quantitative estimate of drug-likeness (QED) is 0.529. The van der Waals surface area contributed by atoms with Gasteiger partial charge in [-0.2, -0.15) is 0 Å². The summed E-state index contributed by atoms with van der Waals surface area (Å²) in [5.41, 5.74) is 5.39. The van der Waals surface area contributed by atoms with Crippen molar-refractivity contribution in [1.82, 2.24) is 0 Å². The summed E-state index contributed by atoms with van der Waals surface area (Å²) in [4.78, 5) is 11.3. The third-order valence-corrected chi connectivity index (χ3v) is 6.70. The van der Waals surface area contributed by atoms with E-state index < -0.39 is 0 Å². The lowest BCUT2D eigenvalue weighted by molar-refractivity contribution is -0.134. The molecule has 0 unspecified atom stereocenters. The van der Waals surface area contributed by atoms with Gasteiger partial charge in [-0.3, -0.25) is 0 Å². The van der Waals surface area contributed by atoms with Crippen LogP contribution >= 0.6 is 0 Å². The maximum absolute atomic E-state index is 11.3. The Hall–Kier alpha value is -1.05. The summed E-state index contributed by atoms with van der Waals surface area (Å²) >= 11 is 0. The van der Waals surface area contributed by atoms with Crippen LogP contribution in [0.25, 0.3) is 0 Å². The third-order valence-electron chi connectivity index (χ3n) is 6.70. The van der Waals surface area contributed by atoms with Crippen molar-refractivity contribution in [2.24, 2.45) is 16.7 Å². The molecule has 0 radical (unpaired) electrons. The van der Waals surface area contributed by atoms with E-state index in [2.05, 4.69) is 27.7 Å². The van der Waals surface area contributed by atoms with Gasteiger partial charge in [-0.15, -0.1) is 0 Å². The third kappa shape index (κ3) is 2.66. The largest absolute Gasteiger partial charge is 0.458 e. The van der Waals surface area contributed by atoms with E-state index in [9.17, 15) is 4.79 Å². The highest BCUT2D eigenvalue weighted by Gasteiger charge is 2.44. The predicted octanol–water partition coefficient (Wildman–Crippen LogP) is 5.19. The van der Waals surface area contributed by atoms with Crippen molar-refractivity contribution in [2.75, 3.05) is 6.61 Å². The molecule has 122 valence electrons. The van der Waals surface area contributed by atoms with E-state index in [1.165, 1.54) is 37.7 Å². The van der Waals surface area contributed by atoms with Crippen molar-refractivity contribution < 1.29 is 9.53 Å². The lowest BCUT2D eigenvalue weighted by Gasteiger charge is -2.50. The molecule has 0 spiro atoms. The SMILES string of the molecule is C[C@@H]1CCC2=C(CCCC2(C)C)[C@@]1(C)CCC1=CC(=O)OC1. The van der Waals surface area contributed by atoms with Crippen LogP contribution in [0, 0.1) is 16.7 Å². The number of carbonyl (C=O) groups excluding carboxylic acids is 1. The summed E-state index contributed by atoms with van der Waals surface area (Å²) in [6.45, 7) is 10.3. The molecule has 3 aliphatic rings. The number of hydrogen-bond acceptors (Lipinski definition) is 2. The molecule has 2 atom stereocenters. The second kappa shape index (κ2) is 5.54. The van der Waals surface area contributed by atoms with Crippen molar-refractivity contribution in [2.45, 2.75) is 72.6 Å². The molecule has 0 aromatic carbocycles. The molecule has 1 aliphatic heterocycles. The molecule has 22 heavy (non-hydrogen) atoms. The van der Waals surface area contributed by atoms with E-state index in [0.29, 0.717) is 17.4 Å². The van der Waals surface area contributed by atoms with Gasteiger partial charge in [0.05, 0.1) is 0 Å². The van der Waals surface area contributed by atoms with E-state index in [0.717, 1.165) is 18.8 Å². The van der Waals surface area contributed by atoms with Crippen LogP contribution < -0.4 is 0 Å². The molecule has 0 fully saturated rings. The van der Waals surface area contributed by atoms with Crippen LogP contribution in [0.3, 0.4) is 0 Å². The molecule has 1 heterocycles. The highest BCUT2D eigenvalue weighted by molar-refractivity contribution is 5.85. The van der Waals surface area contributed by atoms with Crippen LogP contribution in [0.5, 0.6) is 0 Å². The van der Waals surface area contributed by atoms with Crippen molar-refractivity contribution in [3.8, 4) is 0 Å². The molecular weight excluding hydrogens is 272 g/mol. The Balaban J connectivity index is 1.85. The summed E-state index contributed by atoms with van der Waals surface area (Å²) in [7, 11) is 0. The number of carbonyl (C=O) groups is 1. The number of ether oxygens (including phenoxy) is 1. The molecule has 0 amide bonds. The lowest BCUT2D eigenvalue weighted by Crippen LogP contribution is -2.37. The molecule has 0 aromatic heterocycles. The fourth-order valence-electron chi connectivity index (χ4n) is 4.89. The van der Waals surface area contributed by atoms with Gasteiger partial charge in [-0.05, 0) is 67.3 Å². The van der Waals surface area contributed by atoms with E-state index in [1.54, 1.807) is 17.2 Å². The first kappa shape index (κ1) is 15.8. The van der Waals surface area contributed by atoms with Crippen molar-refractivity contribution >= 4 is 5.97 Å². The number of allylic oxidation sites excluding steroid dienone is 2. The highest BCUT2D eigenvalue weighted by atomic mass is 16.5. The van der Waals surface area contributed by atoms with Gasteiger partial charge in [-0.1, -0.05) is 38.8 Å². The average Bonchev–Trinajstić information content (AvgIpc) is 2.87. The van der Waals surface area contributed by atoms with Crippen LogP contribution in [-0.2, 0) is 9.53 Å². The standard InChI is InChI=1S/C20H30O2/c1-14-7-8-16-17(6-5-10-19(16,2)3)20(14,4)11-9-15-12-18(21)22-13-15/h12,14H,5-11,13H2,1-4H3/t14-,20+/m1/s1. The van der Waals surface area contributed by atoms with Crippen LogP contribution in [0.4, 0.5) is 0 Å². The predicted molar refractivity (Wildman–Crippen MR) is 89.4 cm³/mol. The zero-order chi connectivity index (χ0) is 16.0. The molecule has 0 bridgehead atoms. The van der Waals surface area contributed by atoms with Gasteiger partial charge < -0.3 is 4.74 Å². The molecule has 2 heteroatoms. The molecule has 0 saturated carbocycles. The Bertz CT molecular complexity index is 538. The Labute approximate surface area is 135 Å². The van der Waals surface area contributed by atoms with E-state index in [4.69, 9.17) is 4.74 Å². The number of rotatable bonds is 3. The van der Waals surface area contributed by atoms with Crippen molar-refractivity contribution in [3.05, 3.63) is 22.8 Å². The fourth-order valence-corrected chi connectivity index (χ4v) is 4.89. The first-order valence-corrected chi connectivity index (χ1v) is 8.92. The second-order valence-electron chi connectivity index (χ2n) is 8.46. The Kier molecular flexibility index (Phi) is 3.99. The number of esters is 1. The maximum atomic E-state index is 11.3. The summed E-state index contributed by atoms with van der Waals surface area (Å²) in [6, 6.07) is 0. The molecule has 0 N–H and O–H groups in total. The van der Waals surface area contributed by atoms with E-state index in [1.807, 2.05) is 0 Å². The van der Waals surface area contributed by atoms with Gasteiger partial charge in [-0.25, -0.2) is 4.79 Å². The average molecular weight is 302 g/mol. The zero-order valence-corrected chi connectivity index (χ0v) is 14.6. The minimum Gasteiger partial charge on any atom is -0.458 e. The van der Waals surface area contributed by atoms with E-state index >= 15 is 0 Å². The maximum Gasteiger partial charge on any atom is 0.331 e. The summed E-state index contributed by atoms with van der Waals surface area (Å²) in [6.07, 6.45) is 10.4. The minimum atomic E-state index is -0.157. The minimum absolute atomic E-state index is 0.157. The first-order valence-electron chi connectivity index (χ1n) is 8.92. The molecular formula is C20H30O2. The summed E-state index contributed by atoms with van der Waals surface area (Å²) in [5.74, 6) is 0.578. The Morgan fingerprint density at radius 2 is 2.00 bits per heavy atom. The highest BCUT2D eigenvalue weighted by Crippen LogP contribution is 2.56. The van der Waals surface area contributed by atoms with Crippen LogP contribution in [0.15, 0.2) is 22.8 Å². The zero-order valence-electron chi connectivity index (χ0n) is 14.6. The second-order valence-corrected chi connectivity index (χ2v) is 8.46. The van der Waals surface area contributed by atoms with Gasteiger partial charge >= 0.3 is 5.97 Å². The smallest absolute Gasteiger partial charge is 0.331 e. The molecule has 2 nitrogen and oxygen atoms in total. The van der Waals surface area contributed by atoms with Gasteiger partial charge in [0, 0.05) is 6.08 Å². The van der Waals surface area contributed by atoms with Crippen molar-refractivity contribution in [3.63, 3.8) is 0 Å². The molecule has 2 aliphatic carbocycles. The van der Waals surface area contributed by atoms with Gasteiger partial charge in [0.15, 0.2) is 0 Å². The molecule has 0 aromatic rings. The fraction of sp³-hybridized carbons (Fsp3) is 0.750. The lowest BCUT2D eigenvalue weighted by atomic mass is 9.55. The Morgan fingerprint density at radius 1 is 1.23 bits per heavy atom. The first-order chi connectivity index (χ1) is 10.3. The van der Waals surface area contributed by atoms with Gasteiger partial charge in [0.25, 0.3) is 0 Å². The number of cyclic esters (lactones) is 1. The number of hydrogen-bond donors (Lipinski definition) is 0. The van der Waals surface area contributed by atoms with Crippen LogP contribution in [0.2, 0.25) is 0 Å². The summed E-state index contributed by atoms with van der Waals surface area (Å²) in [5, 5.41) is 0. The van der Waals surface area contributed by atoms with Crippen LogP contribution in [0.1, 0.15) is 72.6 Å². The van der Waals surface area contributed by atoms with Crippen LogP contribution in [-0.4, -0.2) is 12.6 Å². The van der Waals surface area contributed by atoms with Crippen molar-refractivity contribution in [1.29, 1.82) is 0 Å². The Morgan fingerprint density at radius 3 is 2.68 bits per heavy atom. The van der Waals surface area contributed by atoms with Gasteiger partial charge in [0.1, 0.15) is 6.61 Å². The van der Waals surface area contributed by atoms with E-state index in [-0.39, 0.29) is 5.97 Å². The molecule has 0 saturated heterocycles. The summed E-state index contributed by atoms with van der Waals surface area (Å²) < 4.78 is 5.06. The topological polar surface area (TPSA) is 26.3 Å².